The van der Waals surface area contributed by atoms with Crippen LogP contribution in [0, 0.1) is 11.3 Å². The average Bonchev–Trinajstić information content (AvgIpc) is 2.79. The number of ether oxygens (including phenoxy) is 2. The first kappa shape index (κ1) is 22.9. The molecule has 3 rings (SSSR count). The Kier molecular flexibility index (Phi) is 6.57. The van der Waals surface area contributed by atoms with Gasteiger partial charge in [-0.3, -0.25) is 9.44 Å². The monoisotopic (exact) mass is 473 g/mol. The van der Waals surface area contributed by atoms with Crippen LogP contribution in [0.5, 0.6) is 11.5 Å². The van der Waals surface area contributed by atoms with Crippen LogP contribution in [-0.2, 0) is 20.0 Å². The number of methoxy groups -OCH3 is 2. The van der Waals surface area contributed by atoms with E-state index in [1.54, 1.807) is 12.1 Å². The molecular formula is C21H19N3O6S2. The van der Waals surface area contributed by atoms with Crippen LogP contribution < -0.4 is 18.9 Å². The van der Waals surface area contributed by atoms with Crippen LogP contribution in [0.2, 0.25) is 0 Å². The summed E-state index contributed by atoms with van der Waals surface area (Å²) in [6, 6.07) is 17.3. The van der Waals surface area contributed by atoms with Gasteiger partial charge in [-0.05, 0) is 66.7 Å². The Morgan fingerprint density at radius 1 is 0.750 bits per heavy atom. The second-order valence-electron chi connectivity index (χ2n) is 6.44. The van der Waals surface area contributed by atoms with Crippen molar-refractivity contribution in [2.75, 3.05) is 23.7 Å². The van der Waals surface area contributed by atoms with Gasteiger partial charge in [0, 0.05) is 5.69 Å². The minimum absolute atomic E-state index is 0.0607. The Balaban J connectivity index is 1.92. The molecule has 0 bridgehead atoms. The van der Waals surface area contributed by atoms with Gasteiger partial charge in [0.25, 0.3) is 20.0 Å². The molecule has 9 nitrogen and oxygen atoms in total. The predicted molar refractivity (Wildman–Crippen MR) is 119 cm³/mol. The highest BCUT2D eigenvalue weighted by molar-refractivity contribution is 7.93. The number of rotatable bonds is 8. The summed E-state index contributed by atoms with van der Waals surface area (Å²) in [5.74, 6) is 0.697. The summed E-state index contributed by atoms with van der Waals surface area (Å²) in [5, 5.41) is 8.87. The van der Waals surface area contributed by atoms with Gasteiger partial charge < -0.3 is 9.47 Å². The third-order valence-corrected chi connectivity index (χ3v) is 7.12. The maximum absolute atomic E-state index is 12.8. The summed E-state index contributed by atoms with van der Waals surface area (Å²) in [6.07, 6.45) is 0. The van der Waals surface area contributed by atoms with E-state index in [4.69, 9.17) is 14.7 Å². The van der Waals surface area contributed by atoms with Gasteiger partial charge in [-0.1, -0.05) is 0 Å². The van der Waals surface area contributed by atoms with Crippen molar-refractivity contribution in [2.45, 2.75) is 9.79 Å². The van der Waals surface area contributed by atoms with Crippen LogP contribution in [0.4, 0.5) is 11.4 Å². The third kappa shape index (κ3) is 5.11. The molecule has 0 fully saturated rings. The maximum Gasteiger partial charge on any atom is 0.262 e. The molecule has 3 aromatic carbocycles. The Hall–Kier alpha value is -3.75. The van der Waals surface area contributed by atoms with Crippen molar-refractivity contribution in [1.29, 1.82) is 5.26 Å². The fourth-order valence-corrected chi connectivity index (χ4v) is 4.87. The summed E-state index contributed by atoms with van der Waals surface area (Å²) in [7, 11) is -5.27. The van der Waals surface area contributed by atoms with Gasteiger partial charge in [0.15, 0.2) is 0 Å². The van der Waals surface area contributed by atoms with Crippen molar-refractivity contribution < 1.29 is 26.3 Å². The van der Waals surface area contributed by atoms with Gasteiger partial charge in [-0.25, -0.2) is 16.8 Å². The average molecular weight is 474 g/mol. The van der Waals surface area contributed by atoms with E-state index < -0.39 is 20.0 Å². The number of hydrogen-bond donors (Lipinski definition) is 2. The SMILES string of the molecule is COc1ccc(NS(=O)(=O)c2ccc(OC)c(NS(=O)(=O)c3ccc(C#N)cc3)c2)cc1. The smallest absolute Gasteiger partial charge is 0.262 e. The van der Waals surface area contributed by atoms with E-state index in [0.29, 0.717) is 17.0 Å². The number of nitriles is 1. The molecule has 0 atom stereocenters. The Morgan fingerprint density at radius 3 is 1.91 bits per heavy atom. The van der Waals surface area contributed by atoms with E-state index in [1.807, 2.05) is 6.07 Å². The first-order chi connectivity index (χ1) is 15.2. The zero-order chi connectivity index (χ0) is 23.4. The standard InChI is InChI=1S/C21H19N3O6S2/c1-29-17-7-5-16(6-8-17)23-32(27,28)19-11-12-21(30-2)20(13-19)24-31(25,26)18-9-3-15(14-22)4-10-18/h3-13,23-24H,1-2H3. The Labute approximate surface area is 186 Å². The fourth-order valence-electron chi connectivity index (χ4n) is 2.72. The number of nitrogens with one attached hydrogen (secondary N) is 2. The lowest BCUT2D eigenvalue weighted by Crippen LogP contribution is -2.16. The molecule has 3 aromatic rings. The molecule has 0 saturated heterocycles. The first-order valence-corrected chi connectivity index (χ1v) is 12.0. The molecule has 0 aliphatic rings. The highest BCUT2D eigenvalue weighted by atomic mass is 32.2. The molecule has 0 unspecified atom stereocenters. The van der Waals surface area contributed by atoms with Crippen molar-refractivity contribution >= 4 is 31.4 Å². The largest absolute Gasteiger partial charge is 0.497 e. The van der Waals surface area contributed by atoms with E-state index in [9.17, 15) is 16.8 Å². The molecule has 2 N–H and O–H groups in total. The zero-order valence-electron chi connectivity index (χ0n) is 17.1. The number of benzene rings is 3. The molecule has 166 valence electrons. The summed E-state index contributed by atoms with van der Waals surface area (Å²) < 4.78 is 66.1. The van der Waals surface area contributed by atoms with Crippen LogP contribution in [0.25, 0.3) is 0 Å². The summed E-state index contributed by atoms with van der Waals surface area (Å²) in [6.45, 7) is 0. The Bertz CT molecular complexity index is 1360. The lowest BCUT2D eigenvalue weighted by molar-refractivity contribution is 0.415. The van der Waals surface area contributed by atoms with Gasteiger partial charge in [-0.15, -0.1) is 0 Å². The van der Waals surface area contributed by atoms with Gasteiger partial charge in [0.05, 0.1) is 41.3 Å². The maximum atomic E-state index is 12.8. The second kappa shape index (κ2) is 9.17. The minimum atomic E-state index is -4.07. The van der Waals surface area contributed by atoms with Crippen molar-refractivity contribution in [2.24, 2.45) is 0 Å². The van der Waals surface area contributed by atoms with E-state index >= 15 is 0 Å². The molecule has 0 aliphatic carbocycles. The molecule has 0 saturated carbocycles. The highest BCUT2D eigenvalue weighted by Gasteiger charge is 2.21. The Morgan fingerprint density at radius 2 is 1.34 bits per heavy atom. The lowest BCUT2D eigenvalue weighted by atomic mass is 10.2. The zero-order valence-corrected chi connectivity index (χ0v) is 18.7. The first-order valence-electron chi connectivity index (χ1n) is 9.06. The second-order valence-corrected chi connectivity index (χ2v) is 9.80. The van der Waals surface area contributed by atoms with Crippen molar-refractivity contribution in [3.05, 3.63) is 72.3 Å². The summed E-state index contributed by atoms with van der Waals surface area (Å²) >= 11 is 0. The van der Waals surface area contributed by atoms with Crippen molar-refractivity contribution in [1.82, 2.24) is 0 Å². The molecule has 0 aliphatic heterocycles. The van der Waals surface area contributed by atoms with Crippen LogP contribution >= 0.6 is 0 Å². The molecule has 0 aromatic heterocycles. The number of hydrogen-bond acceptors (Lipinski definition) is 7. The molecule has 0 heterocycles. The van der Waals surface area contributed by atoms with Gasteiger partial charge >= 0.3 is 0 Å². The topological polar surface area (TPSA) is 135 Å². The van der Waals surface area contributed by atoms with E-state index in [0.717, 1.165) is 6.07 Å². The quantitative estimate of drug-likeness (QED) is 0.513. The van der Waals surface area contributed by atoms with Gasteiger partial charge in [0.2, 0.25) is 0 Å². The van der Waals surface area contributed by atoms with Crippen LogP contribution in [0.3, 0.4) is 0 Å². The minimum Gasteiger partial charge on any atom is -0.497 e. The molecular weight excluding hydrogens is 454 g/mol. The van der Waals surface area contributed by atoms with Crippen molar-refractivity contribution in [3.8, 4) is 17.6 Å². The number of nitrogens with zero attached hydrogens (tertiary/aromatic N) is 1. The van der Waals surface area contributed by atoms with E-state index in [1.165, 1.54) is 62.8 Å². The summed E-state index contributed by atoms with van der Waals surface area (Å²) in [4.78, 5) is -0.269. The van der Waals surface area contributed by atoms with Gasteiger partial charge in [-0.2, -0.15) is 5.26 Å². The molecule has 0 spiro atoms. The van der Waals surface area contributed by atoms with Crippen LogP contribution in [-0.4, -0.2) is 31.1 Å². The normalized spacial score (nSPS) is 11.3. The molecule has 0 radical (unpaired) electrons. The van der Waals surface area contributed by atoms with Crippen molar-refractivity contribution in [3.63, 3.8) is 0 Å². The van der Waals surface area contributed by atoms with Gasteiger partial charge in [0.1, 0.15) is 11.5 Å². The lowest BCUT2D eigenvalue weighted by Gasteiger charge is -2.14. The van der Waals surface area contributed by atoms with Crippen LogP contribution in [0.1, 0.15) is 5.56 Å². The van der Waals surface area contributed by atoms with Crippen LogP contribution in [0.15, 0.2) is 76.5 Å². The third-order valence-electron chi connectivity index (χ3n) is 4.36. The molecule has 0 amide bonds. The summed E-state index contributed by atoms with van der Waals surface area (Å²) in [5.41, 5.74) is 0.551. The van der Waals surface area contributed by atoms with E-state index in [2.05, 4.69) is 9.44 Å². The number of sulfonamides is 2. The number of anilines is 2. The highest BCUT2D eigenvalue weighted by Crippen LogP contribution is 2.30. The fraction of sp³-hybridized carbons (Fsp3) is 0.0952. The predicted octanol–water partition coefficient (Wildman–Crippen LogP) is 3.18. The molecule has 11 heteroatoms. The molecule has 32 heavy (non-hydrogen) atoms. The van der Waals surface area contributed by atoms with E-state index in [-0.39, 0.29) is 21.2 Å².